The van der Waals surface area contributed by atoms with Crippen LogP contribution in [0.15, 0.2) is 30.6 Å². The second kappa shape index (κ2) is 7.21. The molecule has 10 heteroatoms. The number of halogens is 3. The van der Waals surface area contributed by atoms with E-state index in [9.17, 15) is 18.0 Å². The number of ether oxygens (including phenoxy) is 1. The third kappa shape index (κ3) is 3.70. The van der Waals surface area contributed by atoms with E-state index in [0.29, 0.717) is 41.3 Å². The molecule has 0 aliphatic carbocycles. The summed E-state index contributed by atoms with van der Waals surface area (Å²) in [5.74, 6) is -3.80. The number of nitrogens with zero attached hydrogens (tertiary/aromatic N) is 5. The summed E-state index contributed by atoms with van der Waals surface area (Å²) >= 11 is 0. The molecule has 2 aliphatic rings. The standard InChI is InChI=1S/C21H20F3N5O2/c1-12-6-16(29-20(27-12)25-11-26-29)14-8-21(23,24)10-28(9-14)19(30)18-4-2-13-7-15(22)3-5-17(13)31-18/h3,5-7,11,14,18H,2,4,8-10H2,1H3. The van der Waals surface area contributed by atoms with E-state index < -0.39 is 36.8 Å². The number of alkyl halides is 2. The third-order valence-electron chi connectivity index (χ3n) is 5.79. The summed E-state index contributed by atoms with van der Waals surface area (Å²) in [6, 6.07) is 5.80. The molecule has 0 radical (unpaired) electrons. The zero-order valence-corrected chi connectivity index (χ0v) is 16.8. The van der Waals surface area contributed by atoms with Crippen LogP contribution in [0.2, 0.25) is 0 Å². The molecule has 0 saturated carbocycles. The van der Waals surface area contributed by atoms with Gasteiger partial charge in [0.2, 0.25) is 0 Å². The third-order valence-corrected chi connectivity index (χ3v) is 5.79. The highest BCUT2D eigenvalue weighted by Crippen LogP contribution is 2.37. The van der Waals surface area contributed by atoms with Crippen molar-refractivity contribution >= 4 is 11.7 Å². The summed E-state index contributed by atoms with van der Waals surface area (Å²) in [5, 5.41) is 4.11. The van der Waals surface area contributed by atoms with Crippen molar-refractivity contribution < 1.29 is 22.7 Å². The van der Waals surface area contributed by atoms with Gasteiger partial charge in [-0.05, 0) is 49.6 Å². The minimum absolute atomic E-state index is 0.114. The molecule has 7 nitrogen and oxygen atoms in total. The van der Waals surface area contributed by atoms with Gasteiger partial charge in [-0.15, -0.1) is 0 Å². The average Bonchev–Trinajstić information content (AvgIpc) is 3.19. The Hall–Kier alpha value is -3.17. The lowest BCUT2D eigenvalue weighted by Gasteiger charge is -2.39. The molecular weight excluding hydrogens is 411 g/mol. The van der Waals surface area contributed by atoms with E-state index >= 15 is 0 Å². The van der Waals surface area contributed by atoms with Crippen LogP contribution in [0.4, 0.5) is 13.2 Å². The number of fused-ring (bicyclic) bond motifs is 2. The molecular formula is C21H20F3N5O2. The first-order chi connectivity index (χ1) is 14.8. The number of hydrogen-bond acceptors (Lipinski definition) is 5. The molecule has 2 unspecified atom stereocenters. The average molecular weight is 431 g/mol. The number of carbonyl (C=O) groups excluding carboxylic acids is 1. The van der Waals surface area contributed by atoms with Crippen molar-refractivity contribution in [3.05, 3.63) is 53.4 Å². The highest BCUT2D eigenvalue weighted by Gasteiger charge is 2.45. The second-order valence-corrected chi connectivity index (χ2v) is 8.17. The Morgan fingerprint density at radius 2 is 2.13 bits per heavy atom. The van der Waals surface area contributed by atoms with Crippen molar-refractivity contribution in [2.45, 2.75) is 44.1 Å². The molecule has 1 saturated heterocycles. The van der Waals surface area contributed by atoms with Crippen molar-refractivity contribution in [1.82, 2.24) is 24.5 Å². The maximum absolute atomic E-state index is 14.7. The highest BCUT2D eigenvalue weighted by molar-refractivity contribution is 5.82. The SMILES string of the molecule is Cc1cc(C2CN(C(=O)C3CCc4cc(F)ccc4O3)CC(F)(F)C2)n2ncnc2n1. The predicted octanol–water partition coefficient (Wildman–Crippen LogP) is 2.92. The largest absolute Gasteiger partial charge is 0.480 e. The highest BCUT2D eigenvalue weighted by atomic mass is 19.3. The molecule has 5 rings (SSSR count). The van der Waals surface area contributed by atoms with Gasteiger partial charge in [-0.25, -0.2) is 22.7 Å². The van der Waals surface area contributed by atoms with Crippen LogP contribution in [0.5, 0.6) is 5.75 Å². The molecule has 3 aromatic rings. The minimum Gasteiger partial charge on any atom is -0.480 e. The Labute approximate surface area is 175 Å². The molecule has 2 aromatic heterocycles. The topological polar surface area (TPSA) is 72.6 Å². The van der Waals surface area contributed by atoms with E-state index in [0.717, 1.165) is 0 Å². The lowest BCUT2D eigenvalue weighted by molar-refractivity contribution is -0.151. The van der Waals surface area contributed by atoms with Crippen LogP contribution in [-0.4, -0.2) is 55.5 Å². The van der Waals surface area contributed by atoms with Crippen LogP contribution >= 0.6 is 0 Å². The van der Waals surface area contributed by atoms with Crippen LogP contribution in [-0.2, 0) is 11.2 Å². The molecule has 0 N–H and O–H groups in total. The number of aryl methyl sites for hydroxylation is 2. The zero-order valence-electron chi connectivity index (χ0n) is 16.8. The molecule has 1 fully saturated rings. The molecule has 1 amide bonds. The molecule has 0 spiro atoms. The molecule has 4 heterocycles. The Bertz CT molecular complexity index is 1170. The predicted molar refractivity (Wildman–Crippen MR) is 104 cm³/mol. The van der Waals surface area contributed by atoms with Gasteiger partial charge >= 0.3 is 0 Å². The normalized spacial score (nSPS) is 22.8. The fourth-order valence-electron chi connectivity index (χ4n) is 4.45. The van der Waals surface area contributed by atoms with Gasteiger partial charge in [0, 0.05) is 24.6 Å². The molecule has 1 aromatic carbocycles. The van der Waals surface area contributed by atoms with Crippen LogP contribution in [0.1, 0.15) is 35.7 Å². The van der Waals surface area contributed by atoms with E-state index in [1.807, 2.05) is 0 Å². The number of rotatable bonds is 2. The van der Waals surface area contributed by atoms with Gasteiger partial charge in [-0.3, -0.25) is 4.79 Å². The number of piperidine rings is 1. The van der Waals surface area contributed by atoms with Gasteiger partial charge in [0.25, 0.3) is 17.6 Å². The van der Waals surface area contributed by atoms with E-state index in [-0.39, 0.29) is 12.4 Å². The van der Waals surface area contributed by atoms with Gasteiger partial charge < -0.3 is 9.64 Å². The van der Waals surface area contributed by atoms with E-state index in [1.54, 1.807) is 13.0 Å². The number of benzene rings is 1. The Kier molecular flexibility index (Phi) is 4.60. The summed E-state index contributed by atoms with van der Waals surface area (Å²) in [4.78, 5) is 22.6. The lowest BCUT2D eigenvalue weighted by Crippen LogP contribution is -2.53. The van der Waals surface area contributed by atoms with Crippen LogP contribution < -0.4 is 4.74 Å². The summed E-state index contributed by atoms with van der Waals surface area (Å²) in [7, 11) is 0. The molecule has 162 valence electrons. The van der Waals surface area contributed by atoms with Crippen LogP contribution in [0.25, 0.3) is 5.78 Å². The molecule has 0 bridgehead atoms. The maximum Gasteiger partial charge on any atom is 0.266 e. The van der Waals surface area contributed by atoms with Crippen LogP contribution in [0.3, 0.4) is 0 Å². The van der Waals surface area contributed by atoms with Crippen molar-refractivity contribution in [2.75, 3.05) is 13.1 Å². The maximum atomic E-state index is 14.7. The minimum atomic E-state index is -3.06. The fraction of sp³-hybridized carbons (Fsp3) is 0.429. The Balaban J connectivity index is 1.41. The van der Waals surface area contributed by atoms with Crippen LogP contribution in [0, 0.1) is 12.7 Å². The van der Waals surface area contributed by atoms with E-state index in [1.165, 1.54) is 33.9 Å². The first kappa shape index (κ1) is 19.8. The monoisotopic (exact) mass is 431 g/mol. The summed E-state index contributed by atoms with van der Waals surface area (Å²) in [5.41, 5.74) is 1.86. The first-order valence-corrected chi connectivity index (χ1v) is 10.1. The Morgan fingerprint density at radius 1 is 1.29 bits per heavy atom. The van der Waals surface area contributed by atoms with E-state index in [2.05, 4.69) is 15.1 Å². The zero-order chi connectivity index (χ0) is 21.8. The van der Waals surface area contributed by atoms with Gasteiger partial charge in [-0.1, -0.05) is 0 Å². The quantitative estimate of drug-likeness (QED) is 0.624. The number of likely N-dealkylation sites (tertiary alicyclic amines) is 1. The number of carbonyl (C=O) groups is 1. The Morgan fingerprint density at radius 3 is 2.97 bits per heavy atom. The van der Waals surface area contributed by atoms with Crippen molar-refractivity contribution in [3.8, 4) is 5.75 Å². The summed E-state index contributed by atoms with van der Waals surface area (Å²) in [6.07, 6.45) is 0.802. The van der Waals surface area contributed by atoms with E-state index in [4.69, 9.17) is 4.74 Å². The fourth-order valence-corrected chi connectivity index (χ4v) is 4.45. The van der Waals surface area contributed by atoms with Gasteiger partial charge in [0.05, 0.1) is 12.2 Å². The number of hydrogen-bond donors (Lipinski definition) is 0. The lowest BCUT2D eigenvalue weighted by atomic mass is 9.91. The van der Waals surface area contributed by atoms with Crippen molar-refractivity contribution in [1.29, 1.82) is 0 Å². The van der Waals surface area contributed by atoms with Gasteiger partial charge in [0.15, 0.2) is 6.10 Å². The number of aromatic nitrogens is 4. The smallest absolute Gasteiger partial charge is 0.266 e. The number of amides is 1. The molecule has 2 atom stereocenters. The summed E-state index contributed by atoms with van der Waals surface area (Å²) in [6.45, 7) is 1.21. The van der Waals surface area contributed by atoms with Crippen molar-refractivity contribution in [3.63, 3.8) is 0 Å². The second-order valence-electron chi connectivity index (χ2n) is 8.17. The molecule has 31 heavy (non-hydrogen) atoms. The van der Waals surface area contributed by atoms with Crippen molar-refractivity contribution in [2.24, 2.45) is 0 Å². The first-order valence-electron chi connectivity index (χ1n) is 10.1. The molecule has 2 aliphatic heterocycles. The van der Waals surface area contributed by atoms with Gasteiger partial charge in [-0.2, -0.15) is 10.1 Å². The van der Waals surface area contributed by atoms with Gasteiger partial charge in [0.1, 0.15) is 17.9 Å². The summed E-state index contributed by atoms with van der Waals surface area (Å²) < 4.78 is 50.0.